The molecule has 0 aliphatic rings. The van der Waals surface area contributed by atoms with Crippen LogP contribution >= 0.6 is 11.3 Å². The highest BCUT2D eigenvalue weighted by Gasteiger charge is 1.97. The van der Waals surface area contributed by atoms with Crippen LogP contribution in [0.15, 0.2) is 30.3 Å². The SMILES string of the molecule is C/C=C\c1nc2ccccc2s1. The molecule has 12 heavy (non-hydrogen) atoms. The van der Waals surface area contributed by atoms with E-state index in [1.54, 1.807) is 11.3 Å². The van der Waals surface area contributed by atoms with Crippen LogP contribution in [0.3, 0.4) is 0 Å². The second-order valence-corrected chi connectivity index (χ2v) is 3.58. The quantitative estimate of drug-likeness (QED) is 0.647. The van der Waals surface area contributed by atoms with Crippen molar-refractivity contribution in [1.82, 2.24) is 4.98 Å². The molecule has 0 unspecified atom stereocenters. The van der Waals surface area contributed by atoms with Gasteiger partial charge in [0.2, 0.25) is 0 Å². The number of allylic oxidation sites excluding steroid dienone is 1. The monoisotopic (exact) mass is 175 g/mol. The van der Waals surface area contributed by atoms with Crippen LogP contribution in [0, 0.1) is 0 Å². The van der Waals surface area contributed by atoms with Crippen molar-refractivity contribution in [2.45, 2.75) is 6.92 Å². The molecular formula is C10H9NS. The molecular weight excluding hydrogens is 166 g/mol. The van der Waals surface area contributed by atoms with Gasteiger partial charge in [-0.2, -0.15) is 0 Å². The van der Waals surface area contributed by atoms with Crippen molar-refractivity contribution in [2.24, 2.45) is 0 Å². The van der Waals surface area contributed by atoms with E-state index < -0.39 is 0 Å². The molecule has 0 bridgehead atoms. The van der Waals surface area contributed by atoms with Crippen LogP contribution in [0.4, 0.5) is 0 Å². The zero-order valence-corrected chi connectivity index (χ0v) is 7.64. The molecule has 1 nitrogen and oxygen atoms in total. The van der Waals surface area contributed by atoms with E-state index in [4.69, 9.17) is 0 Å². The van der Waals surface area contributed by atoms with E-state index in [2.05, 4.69) is 11.1 Å². The fourth-order valence-corrected chi connectivity index (χ4v) is 2.04. The van der Waals surface area contributed by atoms with Crippen LogP contribution in [-0.2, 0) is 0 Å². The maximum atomic E-state index is 4.43. The fourth-order valence-electron chi connectivity index (χ4n) is 1.10. The maximum Gasteiger partial charge on any atom is 0.117 e. The number of benzene rings is 1. The van der Waals surface area contributed by atoms with Gasteiger partial charge in [0.15, 0.2) is 0 Å². The molecule has 0 N–H and O–H groups in total. The lowest BCUT2D eigenvalue weighted by Crippen LogP contribution is -1.66. The summed E-state index contributed by atoms with van der Waals surface area (Å²) in [7, 11) is 0. The molecule has 0 radical (unpaired) electrons. The first-order chi connectivity index (χ1) is 5.90. The first-order valence-electron chi connectivity index (χ1n) is 3.88. The van der Waals surface area contributed by atoms with E-state index in [0.717, 1.165) is 10.5 Å². The van der Waals surface area contributed by atoms with E-state index in [0.29, 0.717) is 0 Å². The molecule has 0 amide bonds. The van der Waals surface area contributed by atoms with Gasteiger partial charge in [0.05, 0.1) is 10.2 Å². The Morgan fingerprint density at radius 2 is 2.17 bits per heavy atom. The molecule has 1 heterocycles. The normalized spacial score (nSPS) is 11.4. The summed E-state index contributed by atoms with van der Waals surface area (Å²) >= 11 is 1.72. The Balaban J connectivity index is 2.62. The zero-order chi connectivity index (χ0) is 8.39. The van der Waals surface area contributed by atoms with Gasteiger partial charge in [-0.25, -0.2) is 4.98 Å². The molecule has 0 aliphatic carbocycles. The summed E-state index contributed by atoms with van der Waals surface area (Å²) in [6, 6.07) is 8.19. The van der Waals surface area contributed by atoms with E-state index >= 15 is 0 Å². The fraction of sp³-hybridized carbons (Fsp3) is 0.100. The highest BCUT2D eigenvalue weighted by atomic mass is 32.1. The Bertz CT molecular complexity index is 381. The molecule has 0 fully saturated rings. The van der Waals surface area contributed by atoms with Gasteiger partial charge in [0.1, 0.15) is 5.01 Å². The van der Waals surface area contributed by atoms with Crippen LogP contribution in [0.1, 0.15) is 11.9 Å². The number of nitrogens with zero attached hydrogens (tertiary/aromatic N) is 1. The molecule has 0 spiro atoms. The lowest BCUT2D eigenvalue weighted by Gasteiger charge is -1.80. The summed E-state index contributed by atoms with van der Waals surface area (Å²) in [5.41, 5.74) is 1.09. The Morgan fingerprint density at radius 1 is 1.33 bits per heavy atom. The minimum Gasteiger partial charge on any atom is -0.237 e. The Labute approximate surface area is 75.4 Å². The van der Waals surface area contributed by atoms with E-state index in [9.17, 15) is 0 Å². The first-order valence-corrected chi connectivity index (χ1v) is 4.70. The van der Waals surface area contributed by atoms with Gasteiger partial charge in [-0.15, -0.1) is 11.3 Å². The van der Waals surface area contributed by atoms with Gasteiger partial charge in [0.25, 0.3) is 0 Å². The third-order valence-corrected chi connectivity index (χ3v) is 2.62. The third-order valence-electron chi connectivity index (χ3n) is 1.62. The van der Waals surface area contributed by atoms with Gasteiger partial charge in [-0.3, -0.25) is 0 Å². The number of hydrogen-bond acceptors (Lipinski definition) is 2. The standard InChI is InChI=1S/C10H9NS/c1-2-5-10-11-8-6-3-4-7-9(8)12-10/h2-7H,1H3/b5-2-. The van der Waals surface area contributed by atoms with Crippen molar-refractivity contribution < 1.29 is 0 Å². The molecule has 2 heteroatoms. The number of fused-ring (bicyclic) bond motifs is 1. The summed E-state index contributed by atoms with van der Waals surface area (Å²) < 4.78 is 1.26. The molecule has 1 aromatic heterocycles. The Hall–Kier alpha value is -1.15. The molecule has 2 aromatic rings. The zero-order valence-electron chi connectivity index (χ0n) is 6.82. The Morgan fingerprint density at radius 3 is 2.92 bits per heavy atom. The first kappa shape index (κ1) is 7.50. The number of para-hydroxylation sites is 1. The second-order valence-electron chi connectivity index (χ2n) is 2.52. The number of rotatable bonds is 1. The van der Waals surface area contributed by atoms with Gasteiger partial charge >= 0.3 is 0 Å². The van der Waals surface area contributed by atoms with E-state index in [-0.39, 0.29) is 0 Å². The molecule has 0 atom stereocenters. The minimum absolute atomic E-state index is 1.08. The number of thiazole rings is 1. The largest absolute Gasteiger partial charge is 0.237 e. The van der Waals surface area contributed by atoms with Crippen molar-refractivity contribution in [2.75, 3.05) is 0 Å². The average molecular weight is 175 g/mol. The topological polar surface area (TPSA) is 12.9 Å². The van der Waals surface area contributed by atoms with E-state index in [1.165, 1.54) is 4.70 Å². The van der Waals surface area contributed by atoms with Crippen molar-refractivity contribution in [3.8, 4) is 0 Å². The summed E-state index contributed by atoms with van der Waals surface area (Å²) in [6.07, 6.45) is 4.04. The second kappa shape index (κ2) is 3.07. The lowest BCUT2D eigenvalue weighted by atomic mass is 10.3. The number of aromatic nitrogens is 1. The highest BCUT2D eigenvalue weighted by molar-refractivity contribution is 7.19. The van der Waals surface area contributed by atoms with Crippen LogP contribution in [0.25, 0.3) is 16.3 Å². The van der Waals surface area contributed by atoms with Crippen molar-refractivity contribution in [1.29, 1.82) is 0 Å². The highest BCUT2D eigenvalue weighted by Crippen LogP contribution is 2.21. The van der Waals surface area contributed by atoms with Crippen LogP contribution in [0.5, 0.6) is 0 Å². The molecule has 0 saturated heterocycles. The number of hydrogen-bond donors (Lipinski definition) is 0. The Kier molecular flexibility index (Phi) is 1.92. The maximum absolute atomic E-state index is 4.43. The third kappa shape index (κ3) is 1.25. The molecule has 2 rings (SSSR count). The smallest absolute Gasteiger partial charge is 0.117 e. The van der Waals surface area contributed by atoms with Gasteiger partial charge in [0, 0.05) is 0 Å². The molecule has 0 saturated carbocycles. The summed E-state index contributed by atoms with van der Waals surface area (Å²) in [6.45, 7) is 2.01. The van der Waals surface area contributed by atoms with Crippen LogP contribution in [-0.4, -0.2) is 4.98 Å². The summed E-state index contributed by atoms with van der Waals surface area (Å²) in [5, 5.41) is 1.08. The molecule has 0 aliphatic heterocycles. The lowest BCUT2D eigenvalue weighted by molar-refractivity contribution is 1.46. The minimum atomic E-state index is 1.08. The van der Waals surface area contributed by atoms with Gasteiger partial charge in [-0.1, -0.05) is 18.2 Å². The van der Waals surface area contributed by atoms with Crippen molar-refractivity contribution in [3.05, 3.63) is 35.3 Å². The van der Waals surface area contributed by atoms with Crippen LogP contribution in [0.2, 0.25) is 0 Å². The van der Waals surface area contributed by atoms with E-state index in [1.807, 2.05) is 37.3 Å². The summed E-state index contributed by atoms with van der Waals surface area (Å²) in [5.74, 6) is 0. The predicted octanol–water partition coefficient (Wildman–Crippen LogP) is 3.33. The van der Waals surface area contributed by atoms with Crippen molar-refractivity contribution >= 4 is 27.6 Å². The molecule has 60 valence electrons. The summed E-state index contributed by atoms with van der Waals surface area (Å²) in [4.78, 5) is 4.43. The van der Waals surface area contributed by atoms with Crippen molar-refractivity contribution in [3.63, 3.8) is 0 Å². The predicted molar refractivity (Wildman–Crippen MR) is 54.3 cm³/mol. The van der Waals surface area contributed by atoms with Gasteiger partial charge < -0.3 is 0 Å². The average Bonchev–Trinajstić information content (AvgIpc) is 2.47. The van der Waals surface area contributed by atoms with Gasteiger partial charge in [-0.05, 0) is 25.1 Å². The van der Waals surface area contributed by atoms with Crippen LogP contribution < -0.4 is 0 Å². The molecule has 1 aromatic carbocycles.